The van der Waals surface area contributed by atoms with E-state index < -0.39 is 24.5 Å². The number of urea groups is 1. The van der Waals surface area contributed by atoms with Crippen molar-refractivity contribution < 1.29 is 19.5 Å². The quantitative estimate of drug-likeness (QED) is 0.646. The standard InChI is InChI=1S/C18H19N3O4/c1-3-11(2)20-9-12(13-6-4-5-7-15(13)20)8-14-17(24)21(10-16(22)23)18(25)19-14/h4-9,11H,3,10H2,1-2H3,(H,19,25)(H,22,23)/b14-8+/t11-/m0/s1. The number of carbonyl (C=O) groups excluding carboxylic acids is 2. The Morgan fingerprint density at radius 2 is 2.04 bits per heavy atom. The van der Waals surface area contributed by atoms with Crippen molar-refractivity contribution in [2.75, 3.05) is 6.54 Å². The third-order valence-corrected chi connectivity index (χ3v) is 4.39. The van der Waals surface area contributed by atoms with E-state index in [0.717, 1.165) is 22.9 Å². The van der Waals surface area contributed by atoms with Crippen LogP contribution in [0.2, 0.25) is 0 Å². The molecule has 7 heteroatoms. The van der Waals surface area contributed by atoms with Crippen molar-refractivity contribution >= 4 is 34.9 Å². The molecule has 3 rings (SSSR count). The van der Waals surface area contributed by atoms with E-state index in [-0.39, 0.29) is 11.7 Å². The number of hydrogen-bond acceptors (Lipinski definition) is 3. The van der Waals surface area contributed by atoms with Gasteiger partial charge in [-0.05, 0) is 25.5 Å². The van der Waals surface area contributed by atoms with Crippen molar-refractivity contribution in [3.63, 3.8) is 0 Å². The van der Waals surface area contributed by atoms with Gasteiger partial charge in [0.25, 0.3) is 5.91 Å². The fourth-order valence-electron chi connectivity index (χ4n) is 2.91. The molecule has 0 radical (unpaired) electrons. The number of carboxylic acid groups (broad SMARTS) is 1. The molecular weight excluding hydrogens is 322 g/mol. The lowest BCUT2D eigenvalue weighted by Crippen LogP contribution is -2.35. The van der Waals surface area contributed by atoms with Gasteiger partial charge in [0.05, 0.1) is 0 Å². The number of benzene rings is 1. The normalized spacial score (nSPS) is 17.4. The topological polar surface area (TPSA) is 91.6 Å². The summed E-state index contributed by atoms with van der Waals surface area (Å²) in [6.07, 6.45) is 4.51. The molecule has 7 nitrogen and oxygen atoms in total. The number of aromatic nitrogens is 1. The Balaban J connectivity index is 2.03. The zero-order valence-electron chi connectivity index (χ0n) is 14.0. The van der Waals surface area contributed by atoms with E-state index in [4.69, 9.17) is 5.11 Å². The number of imide groups is 1. The van der Waals surface area contributed by atoms with Gasteiger partial charge in [0, 0.05) is 28.7 Å². The molecule has 1 fully saturated rings. The van der Waals surface area contributed by atoms with Crippen molar-refractivity contribution in [3.8, 4) is 0 Å². The van der Waals surface area contributed by atoms with Gasteiger partial charge in [-0.2, -0.15) is 0 Å². The fraction of sp³-hybridized carbons (Fsp3) is 0.278. The van der Waals surface area contributed by atoms with Crippen LogP contribution < -0.4 is 5.32 Å². The van der Waals surface area contributed by atoms with Crippen molar-refractivity contribution in [3.05, 3.63) is 41.7 Å². The van der Waals surface area contributed by atoms with Crippen LogP contribution in [-0.2, 0) is 9.59 Å². The molecule has 2 heterocycles. The van der Waals surface area contributed by atoms with Gasteiger partial charge in [-0.25, -0.2) is 9.69 Å². The summed E-state index contributed by atoms with van der Waals surface area (Å²) in [5, 5.41) is 12.2. The summed E-state index contributed by atoms with van der Waals surface area (Å²) in [6, 6.07) is 7.40. The van der Waals surface area contributed by atoms with Crippen LogP contribution in [0.3, 0.4) is 0 Å². The lowest BCUT2D eigenvalue weighted by molar-refractivity contribution is -0.140. The Hall–Kier alpha value is -3.09. The first-order chi connectivity index (χ1) is 11.9. The molecule has 0 saturated carbocycles. The van der Waals surface area contributed by atoms with Crippen LogP contribution in [0.15, 0.2) is 36.2 Å². The summed E-state index contributed by atoms with van der Waals surface area (Å²) in [6.45, 7) is 3.55. The van der Waals surface area contributed by atoms with Crippen LogP contribution in [0.5, 0.6) is 0 Å². The van der Waals surface area contributed by atoms with E-state index in [2.05, 4.69) is 23.7 Å². The van der Waals surface area contributed by atoms with E-state index in [9.17, 15) is 14.4 Å². The lowest BCUT2D eigenvalue weighted by Gasteiger charge is -2.12. The first-order valence-electron chi connectivity index (χ1n) is 8.08. The first-order valence-corrected chi connectivity index (χ1v) is 8.08. The number of rotatable bonds is 5. The van der Waals surface area contributed by atoms with Crippen molar-refractivity contribution in [1.29, 1.82) is 0 Å². The minimum Gasteiger partial charge on any atom is -0.480 e. The highest BCUT2D eigenvalue weighted by molar-refractivity contribution is 6.15. The Morgan fingerprint density at radius 1 is 1.32 bits per heavy atom. The van der Waals surface area contributed by atoms with Crippen molar-refractivity contribution in [2.24, 2.45) is 0 Å². The largest absolute Gasteiger partial charge is 0.480 e. The lowest BCUT2D eigenvalue weighted by atomic mass is 10.1. The zero-order valence-corrected chi connectivity index (χ0v) is 14.0. The third kappa shape index (κ3) is 3.00. The molecule has 3 amide bonds. The number of para-hydroxylation sites is 1. The molecule has 2 N–H and O–H groups in total. The van der Waals surface area contributed by atoms with Gasteiger partial charge in [0.1, 0.15) is 12.2 Å². The van der Waals surface area contributed by atoms with Gasteiger partial charge in [-0.15, -0.1) is 0 Å². The number of carboxylic acids is 1. The van der Waals surface area contributed by atoms with Gasteiger partial charge in [-0.3, -0.25) is 9.59 Å². The average Bonchev–Trinajstić information content (AvgIpc) is 3.07. The highest BCUT2D eigenvalue weighted by atomic mass is 16.4. The maximum atomic E-state index is 12.3. The van der Waals surface area contributed by atoms with Crippen LogP contribution >= 0.6 is 0 Å². The Bertz CT molecular complexity index is 897. The number of hydrogen-bond donors (Lipinski definition) is 2. The Labute approximate surface area is 144 Å². The molecule has 130 valence electrons. The molecule has 1 aromatic heterocycles. The monoisotopic (exact) mass is 341 g/mol. The second-order valence-electron chi connectivity index (χ2n) is 6.04. The van der Waals surface area contributed by atoms with Gasteiger partial charge >= 0.3 is 12.0 Å². The number of aliphatic carboxylic acids is 1. The molecule has 0 unspecified atom stereocenters. The minimum absolute atomic E-state index is 0.0818. The van der Waals surface area contributed by atoms with Crippen LogP contribution in [0.4, 0.5) is 4.79 Å². The Kier molecular flexibility index (Phi) is 4.31. The van der Waals surface area contributed by atoms with E-state index in [1.165, 1.54) is 0 Å². The van der Waals surface area contributed by atoms with Gasteiger partial charge in [0.15, 0.2) is 0 Å². The fourth-order valence-corrected chi connectivity index (χ4v) is 2.91. The molecule has 1 aliphatic rings. The summed E-state index contributed by atoms with van der Waals surface area (Å²) in [4.78, 5) is 35.6. The number of carbonyl (C=O) groups is 3. The summed E-state index contributed by atoms with van der Waals surface area (Å²) in [5.74, 6) is -1.87. The van der Waals surface area contributed by atoms with Gasteiger partial charge in [-0.1, -0.05) is 25.1 Å². The van der Waals surface area contributed by atoms with E-state index >= 15 is 0 Å². The van der Waals surface area contributed by atoms with E-state index in [0.29, 0.717) is 4.90 Å². The second-order valence-corrected chi connectivity index (χ2v) is 6.04. The van der Waals surface area contributed by atoms with Crippen LogP contribution in [0.1, 0.15) is 31.9 Å². The molecule has 25 heavy (non-hydrogen) atoms. The van der Waals surface area contributed by atoms with Crippen LogP contribution in [0, 0.1) is 0 Å². The molecule has 1 aromatic carbocycles. The number of fused-ring (bicyclic) bond motifs is 1. The SMILES string of the molecule is CC[C@H](C)n1cc(/C=C2/NC(=O)N(CC(=O)O)C2=O)c2ccccc21. The minimum atomic E-state index is -1.24. The molecule has 2 aromatic rings. The van der Waals surface area contributed by atoms with Crippen LogP contribution in [-0.4, -0.2) is 39.0 Å². The van der Waals surface area contributed by atoms with Crippen molar-refractivity contribution in [1.82, 2.24) is 14.8 Å². The maximum Gasteiger partial charge on any atom is 0.329 e. The smallest absolute Gasteiger partial charge is 0.329 e. The average molecular weight is 341 g/mol. The predicted octanol–water partition coefficient (Wildman–Crippen LogP) is 2.59. The molecule has 0 spiro atoms. The highest BCUT2D eigenvalue weighted by Crippen LogP contribution is 2.28. The summed E-state index contributed by atoms with van der Waals surface area (Å²) in [7, 11) is 0. The Morgan fingerprint density at radius 3 is 2.72 bits per heavy atom. The first kappa shape index (κ1) is 16.8. The molecule has 0 aliphatic carbocycles. The molecule has 1 aliphatic heterocycles. The van der Waals surface area contributed by atoms with Crippen LogP contribution in [0.25, 0.3) is 17.0 Å². The summed E-state index contributed by atoms with van der Waals surface area (Å²) < 4.78 is 2.14. The zero-order chi connectivity index (χ0) is 18.1. The number of nitrogens with zero attached hydrogens (tertiary/aromatic N) is 2. The molecule has 1 saturated heterocycles. The molecule has 1 atom stereocenters. The van der Waals surface area contributed by atoms with Crippen molar-refractivity contribution in [2.45, 2.75) is 26.3 Å². The number of nitrogens with one attached hydrogen (secondary N) is 1. The summed E-state index contributed by atoms with van der Waals surface area (Å²) in [5.41, 5.74) is 1.93. The maximum absolute atomic E-state index is 12.3. The number of amides is 3. The second kappa shape index (κ2) is 6.43. The van der Waals surface area contributed by atoms with Gasteiger partial charge in [0.2, 0.25) is 0 Å². The highest BCUT2D eigenvalue weighted by Gasteiger charge is 2.35. The third-order valence-electron chi connectivity index (χ3n) is 4.39. The predicted molar refractivity (Wildman–Crippen MR) is 92.8 cm³/mol. The molecular formula is C18H19N3O4. The van der Waals surface area contributed by atoms with Gasteiger partial charge < -0.3 is 15.0 Å². The molecule has 0 bridgehead atoms. The van der Waals surface area contributed by atoms with E-state index in [1.54, 1.807) is 6.08 Å². The summed E-state index contributed by atoms with van der Waals surface area (Å²) >= 11 is 0. The van der Waals surface area contributed by atoms with E-state index in [1.807, 2.05) is 30.5 Å².